The first kappa shape index (κ1) is 15.9. The maximum atomic E-state index is 6.02. The molecular weight excluding hydrogens is 278 g/mol. The fraction of sp³-hybridized carbons (Fsp3) is 0.667. The molecule has 0 radical (unpaired) electrons. The van der Waals surface area contributed by atoms with E-state index in [4.69, 9.17) is 14.2 Å². The average Bonchev–Trinajstić information content (AvgIpc) is 3.09. The predicted molar refractivity (Wildman–Crippen MR) is 85.7 cm³/mol. The molecule has 0 bridgehead atoms. The molecule has 3 rings (SSSR count). The first-order valence-electron chi connectivity index (χ1n) is 8.36. The fourth-order valence-electron chi connectivity index (χ4n) is 3.12. The van der Waals surface area contributed by atoms with E-state index in [9.17, 15) is 0 Å². The zero-order chi connectivity index (χ0) is 15.4. The van der Waals surface area contributed by atoms with Crippen molar-refractivity contribution in [3.63, 3.8) is 0 Å². The van der Waals surface area contributed by atoms with Crippen LogP contribution in [0.3, 0.4) is 0 Å². The fourth-order valence-corrected chi connectivity index (χ4v) is 3.12. The molecule has 0 aliphatic carbocycles. The van der Waals surface area contributed by atoms with Crippen LogP contribution in [-0.2, 0) is 20.8 Å². The van der Waals surface area contributed by atoms with Gasteiger partial charge in [0, 0.05) is 0 Å². The van der Waals surface area contributed by atoms with Crippen molar-refractivity contribution in [2.75, 3.05) is 19.8 Å². The number of ether oxygens (including phenoxy) is 3. The van der Waals surface area contributed by atoms with Crippen LogP contribution in [0.2, 0.25) is 0 Å². The molecule has 0 saturated carbocycles. The van der Waals surface area contributed by atoms with Gasteiger partial charge in [-0.3, -0.25) is 0 Å². The molecule has 122 valence electrons. The summed E-state index contributed by atoms with van der Waals surface area (Å²) >= 11 is 0. The SMILES string of the molecule is CC(C)CCN[C@@H]1CO[C@@H]2[C@@H]1OC[C@H]2OCc1ccccc1. The number of fused-ring (bicyclic) bond motifs is 1. The Morgan fingerprint density at radius 2 is 1.91 bits per heavy atom. The highest BCUT2D eigenvalue weighted by Gasteiger charge is 2.47. The van der Waals surface area contributed by atoms with E-state index in [2.05, 4.69) is 31.3 Å². The Morgan fingerprint density at radius 1 is 1.14 bits per heavy atom. The molecule has 0 aromatic heterocycles. The highest BCUT2D eigenvalue weighted by atomic mass is 16.6. The molecule has 4 nitrogen and oxygen atoms in total. The van der Waals surface area contributed by atoms with E-state index in [1.165, 1.54) is 12.0 Å². The third-order valence-corrected chi connectivity index (χ3v) is 4.44. The van der Waals surface area contributed by atoms with Gasteiger partial charge in [-0.05, 0) is 24.4 Å². The number of rotatable bonds is 7. The van der Waals surface area contributed by atoms with Gasteiger partial charge in [-0.2, -0.15) is 0 Å². The summed E-state index contributed by atoms with van der Waals surface area (Å²) in [6.07, 6.45) is 1.43. The summed E-state index contributed by atoms with van der Waals surface area (Å²) < 4.78 is 17.9. The van der Waals surface area contributed by atoms with Gasteiger partial charge in [0.25, 0.3) is 0 Å². The Hall–Kier alpha value is -0.940. The molecule has 2 heterocycles. The van der Waals surface area contributed by atoms with Gasteiger partial charge >= 0.3 is 0 Å². The van der Waals surface area contributed by atoms with E-state index in [-0.39, 0.29) is 18.3 Å². The van der Waals surface area contributed by atoms with Crippen LogP contribution >= 0.6 is 0 Å². The van der Waals surface area contributed by atoms with Gasteiger partial charge in [-0.15, -0.1) is 0 Å². The van der Waals surface area contributed by atoms with Crippen molar-refractivity contribution in [1.82, 2.24) is 5.32 Å². The Labute approximate surface area is 133 Å². The molecule has 1 aromatic rings. The van der Waals surface area contributed by atoms with E-state index in [0.717, 1.165) is 19.1 Å². The number of hydrogen-bond acceptors (Lipinski definition) is 4. The predicted octanol–water partition coefficient (Wildman–Crippen LogP) is 2.37. The van der Waals surface area contributed by atoms with Gasteiger partial charge in [-0.1, -0.05) is 44.2 Å². The minimum atomic E-state index is 0.0436. The van der Waals surface area contributed by atoms with E-state index >= 15 is 0 Å². The van der Waals surface area contributed by atoms with E-state index in [1.807, 2.05) is 18.2 Å². The third kappa shape index (κ3) is 3.87. The Kier molecular flexibility index (Phi) is 5.47. The minimum Gasteiger partial charge on any atom is -0.371 e. The van der Waals surface area contributed by atoms with Gasteiger partial charge in [0.1, 0.15) is 18.3 Å². The summed E-state index contributed by atoms with van der Waals surface area (Å²) in [7, 11) is 0. The zero-order valence-corrected chi connectivity index (χ0v) is 13.5. The van der Waals surface area contributed by atoms with Crippen LogP contribution in [0, 0.1) is 5.92 Å². The topological polar surface area (TPSA) is 39.7 Å². The van der Waals surface area contributed by atoms with Crippen molar-refractivity contribution >= 4 is 0 Å². The standard InChI is InChI=1S/C18H27NO3/c1-13(2)8-9-19-15-11-21-18-16(12-22-17(15)18)20-10-14-6-4-3-5-7-14/h3-7,13,15-19H,8-12H2,1-2H3/t15-,16-,17-,18+/m1/s1. The van der Waals surface area contributed by atoms with Gasteiger partial charge in [0.15, 0.2) is 0 Å². The van der Waals surface area contributed by atoms with Crippen LogP contribution in [0.1, 0.15) is 25.8 Å². The number of nitrogens with one attached hydrogen (secondary N) is 1. The smallest absolute Gasteiger partial charge is 0.114 e. The Morgan fingerprint density at radius 3 is 2.68 bits per heavy atom. The summed E-state index contributed by atoms with van der Waals surface area (Å²) in [6, 6.07) is 10.6. The Balaban J connectivity index is 1.45. The molecule has 1 N–H and O–H groups in total. The number of hydrogen-bond donors (Lipinski definition) is 1. The summed E-state index contributed by atoms with van der Waals surface area (Å²) in [4.78, 5) is 0. The molecule has 2 saturated heterocycles. The Bertz CT molecular complexity index is 451. The summed E-state index contributed by atoms with van der Waals surface area (Å²) in [5.41, 5.74) is 1.19. The molecule has 0 amide bonds. The largest absolute Gasteiger partial charge is 0.371 e. The van der Waals surface area contributed by atoms with Crippen molar-refractivity contribution in [3.8, 4) is 0 Å². The molecule has 0 unspecified atom stereocenters. The zero-order valence-electron chi connectivity index (χ0n) is 13.5. The lowest BCUT2D eigenvalue weighted by atomic mass is 10.1. The maximum Gasteiger partial charge on any atom is 0.114 e. The second-order valence-electron chi connectivity index (χ2n) is 6.67. The molecule has 4 heteroatoms. The van der Waals surface area contributed by atoms with Gasteiger partial charge < -0.3 is 19.5 Å². The molecular formula is C18H27NO3. The van der Waals surface area contributed by atoms with E-state index in [1.54, 1.807) is 0 Å². The van der Waals surface area contributed by atoms with Crippen LogP contribution in [0.25, 0.3) is 0 Å². The van der Waals surface area contributed by atoms with Crippen molar-refractivity contribution < 1.29 is 14.2 Å². The molecule has 1 aromatic carbocycles. The van der Waals surface area contributed by atoms with E-state index in [0.29, 0.717) is 19.3 Å². The number of benzene rings is 1. The monoisotopic (exact) mass is 305 g/mol. The third-order valence-electron chi connectivity index (χ3n) is 4.44. The summed E-state index contributed by atoms with van der Waals surface area (Å²) in [5.74, 6) is 0.720. The molecule has 4 atom stereocenters. The first-order valence-corrected chi connectivity index (χ1v) is 8.36. The minimum absolute atomic E-state index is 0.0436. The van der Waals surface area contributed by atoms with Gasteiger partial charge in [-0.25, -0.2) is 0 Å². The lowest BCUT2D eigenvalue weighted by Gasteiger charge is -2.18. The van der Waals surface area contributed by atoms with Crippen molar-refractivity contribution in [3.05, 3.63) is 35.9 Å². The average molecular weight is 305 g/mol. The summed E-state index contributed by atoms with van der Waals surface area (Å²) in [5, 5.41) is 3.57. The summed E-state index contributed by atoms with van der Waals surface area (Å²) in [6.45, 7) is 7.48. The lowest BCUT2D eigenvalue weighted by molar-refractivity contribution is -0.0393. The second-order valence-corrected chi connectivity index (χ2v) is 6.67. The van der Waals surface area contributed by atoms with Crippen molar-refractivity contribution in [2.24, 2.45) is 5.92 Å². The van der Waals surface area contributed by atoms with Crippen molar-refractivity contribution in [2.45, 2.75) is 51.2 Å². The molecule has 2 fully saturated rings. The quantitative estimate of drug-likeness (QED) is 0.839. The van der Waals surface area contributed by atoms with Crippen LogP contribution in [0.15, 0.2) is 30.3 Å². The van der Waals surface area contributed by atoms with Crippen LogP contribution in [0.5, 0.6) is 0 Å². The maximum absolute atomic E-state index is 6.02. The van der Waals surface area contributed by atoms with Crippen LogP contribution in [0.4, 0.5) is 0 Å². The van der Waals surface area contributed by atoms with Crippen LogP contribution in [-0.4, -0.2) is 44.1 Å². The van der Waals surface area contributed by atoms with Gasteiger partial charge in [0.05, 0.1) is 25.9 Å². The van der Waals surface area contributed by atoms with Crippen LogP contribution < -0.4 is 5.32 Å². The lowest BCUT2D eigenvalue weighted by Crippen LogP contribution is -2.42. The highest BCUT2D eigenvalue weighted by molar-refractivity contribution is 5.13. The molecule has 0 spiro atoms. The van der Waals surface area contributed by atoms with Crippen molar-refractivity contribution in [1.29, 1.82) is 0 Å². The second kappa shape index (κ2) is 7.55. The van der Waals surface area contributed by atoms with Gasteiger partial charge in [0.2, 0.25) is 0 Å². The molecule has 2 aliphatic rings. The molecule has 2 aliphatic heterocycles. The molecule has 22 heavy (non-hydrogen) atoms. The first-order chi connectivity index (χ1) is 10.7. The normalized spacial score (nSPS) is 30.9. The highest BCUT2D eigenvalue weighted by Crippen LogP contribution is 2.29. The van der Waals surface area contributed by atoms with E-state index < -0.39 is 0 Å².